The third kappa shape index (κ3) is 3.65. The summed E-state index contributed by atoms with van der Waals surface area (Å²) in [5.74, 6) is 0. The summed E-state index contributed by atoms with van der Waals surface area (Å²) in [7, 11) is 4.16. The van der Waals surface area contributed by atoms with Crippen LogP contribution in [0.25, 0.3) is 11.3 Å². The van der Waals surface area contributed by atoms with Crippen LogP contribution in [0.5, 0.6) is 0 Å². The van der Waals surface area contributed by atoms with Crippen LogP contribution in [0.1, 0.15) is 6.42 Å². The van der Waals surface area contributed by atoms with Gasteiger partial charge >= 0.3 is 0 Å². The third-order valence-corrected chi connectivity index (χ3v) is 3.20. The van der Waals surface area contributed by atoms with Gasteiger partial charge in [-0.05, 0) is 39.2 Å². The zero-order valence-electron chi connectivity index (χ0n) is 10.7. The first-order valence-electron chi connectivity index (χ1n) is 5.96. The highest BCUT2D eigenvalue weighted by molar-refractivity contribution is 9.10. The van der Waals surface area contributed by atoms with E-state index in [0.717, 1.165) is 35.2 Å². The monoisotopic (exact) mass is 308 g/mol. The lowest BCUT2D eigenvalue weighted by molar-refractivity contribution is 0.379. The molecule has 18 heavy (non-hydrogen) atoms. The highest BCUT2D eigenvalue weighted by atomic mass is 79.9. The third-order valence-electron chi connectivity index (χ3n) is 2.67. The number of hydrogen-bond acceptors (Lipinski definition) is 3. The first kappa shape index (κ1) is 13.2. The van der Waals surface area contributed by atoms with Crippen LogP contribution in [0.15, 0.2) is 34.9 Å². The minimum Gasteiger partial charge on any atom is -0.309 e. The Morgan fingerprint density at radius 3 is 2.61 bits per heavy atom. The normalized spacial score (nSPS) is 11.1. The molecule has 0 radical (unpaired) electrons. The number of aryl methyl sites for hydroxylation is 1. The Kier molecular flexibility index (Phi) is 4.49. The van der Waals surface area contributed by atoms with E-state index in [4.69, 9.17) is 0 Å². The van der Waals surface area contributed by atoms with E-state index in [1.54, 1.807) is 0 Å². The number of benzene rings is 1. The molecule has 5 heteroatoms. The van der Waals surface area contributed by atoms with Crippen molar-refractivity contribution in [3.8, 4) is 11.3 Å². The molecule has 2 aromatic rings. The Labute approximate surface area is 116 Å². The summed E-state index contributed by atoms with van der Waals surface area (Å²) in [6.07, 6.45) is 3.08. The molecule has 0 unspecified atom stereocenters. The number of rotatable bonds is 5. The minimum absolute atomic E-state index is 0.904. The standard InChI is InChI=1S/C13H17BrN4/c1-17(2)8-3-9-18-10-13(15-16-18)11-4-6-12(14)7-5-11/h4-7,10H,3,8-9H2,1-2H3. The van der Waals surface area contributed by atoms with E-state index in [-0.39, 0.29) is 0 Å². The van der Waals surface area contributed by atoms with Gasteiger partial charge in [-0.15, -0.1) is 5.10 Å². The summed E-state index contributed by atoms with van der Waals surface area (Å²) in [5.41, 5.74) is 2.02. The van der Waals surface area contributed by atoms with Gasteiger partial charge in [0.25, 0.3) is 0 Å². The summed E-state index contributed by atoms with van der Waals surface area (Å²) < 4.78 is 2.98. The van der Waals surface area contributed by atoms with Crippen LogP contribution >= 0.6 is 15.9 Å². The van der Waals surface area contributed by atoms with Gasteiger partial charge in [0, 0.05) is 16.6 Å². The van der Waals surface area contributed by atoms with E-state index in [9.17, 15) is 0 Å². The minimum atomic E-state index is 0.904. The lowest BCUT2D eigenvalue weighted by Crippen LogP contribution is -2.15. The van der Waals surface area contributed by atoms with Crippen LogP contribution in [0.3, 0.4) is 0 Å². The van der Waals surface area contributed by atoms with Gasteiger partial charge in [0.2, 0.25) is 0 Å². The maximum Gasteiger partial charge on any atom is 0.113 e. The Balaban J connectivity index is 1.99. The molecular weight excluding hydrogens is 292 g/mol. The van der Waals surface area contributed by atoms with Crippen molar-refractivity contribution < 1.29 is 0 Å². The van der Waals surface area contributed by atoms with E-state index in [0.29, 0.717) is 0 Å². The van der Waals surface area contributed by atoms with Gasteiger partial charge in [-0.1, -0.05) is 33.3 Å². The fourth-order valence-electron chi connectivity index (χ4n) is 1.71. The molecule has 96 valence electrons. The smallest absolute Gasteiger partial charge is 0.113 e. The fraction of sp³-hybridized carbons (Fsp3) is 0.385. The number of nitrogens with zero attached hydrogens (tertiary/aromatic N) is 4. The van der Waals surface area contributed by atoms with Gasteiger partial charge in [-0.3, -0.25) is 4.68 Å². The number of halogens is 1. The first-order valence-corrected chi connectivity index (χ1v) is 6.75. The van der Waals surface area contributed by atoms with Gasteiger partial charge in [-0.2, -0.15) is 0 Å². The predicted octanol–water partition coefficient (Wildman–Crippen LogP) is 2.66. The molecule has 2 rings (SSSR count). The Morgan fingerprint density at radius 1 is 1.22 bits per heavy atom. The van der Waals surface area contributed by atoms with Crippen molar-refractivity contribution >= 4 is 15.9 Å². The van der Waals surface area contributed by atoms with E-state index in [1.165, 1.54) is 0 Å². The summed E-state index contributed by atoms with van der Waals surface area (Å²) in [6.45, 7) is 1.97. The largest absolute Gasteiger partial charge is 0.309 e. The second kappa shape index (κ2) is 6.11. The molecule has 0 atom stereocenters. The second-order valence-corrected chi connectivity index (χ2v) is 5.45. The summed E-state index contributed by atoms with van der Waals surface area (Å²) in [6, 6.07) is 8.11. The van der Waals surface area contributed by atoms with Crippen molar-refractivity contribution in [1.82, 2.24) is 19.9 Å². The van der Waals surface area contributed by atoms with Crippen LogP contribution in [0.4, 0.5) is 0 Å². The van der Waals surface area contributed by atoms with Crippen LogP contribution in [-0.2, 0) is 6.54 Å². The number of aromatic nitrogens is 3. The molecule has 0 N–H and O–H groups in total. The van der Waals surface area contributed by atoms with Crippen molar-refractivity contribution in [2.45, 2.75) is 13.0 Å². The van der Waals surface area contributed by atoms with Crippen molar-refractivity contribution in [1.29, 1.82) is 0 Å². The molecule has 0 bridgehead atoms. The highest BCUT2D eigenvalue weighted by Crippen LogP contribution is 2.19. The van der Waals surface area contributed by atoms with E-state index in [1.807, 2.05) is 35.1 Å². The molecule has 1 aromatic carbocycles. The number of hydrogen-bond donors (Lipinski definition) is 0. The molecule has 0 aliphatic rings. The molecule has 4 nitrogen and oxygen atoms in total. The van der Waals surface area contributed by atoms with Crippen molar-refractivity contribution in [2.24, 2.45) is 0 Å². The van der Waals surface area contributed by atoms with E-state index in [2.05, 4.69) is 45.2 Å². The van der Waals surface area contributed by atoms with Crippen LogP contribution in [0.2, 0.25) is 0 Å². The molecular formula is C13H17BrN4. The molecule has 0 aliphatic heterocycles. The maximum atomic E-state index is 4.20. The lowest BCUT2D eigenvalue weighted by Gasteiger charge is -2.08. The predicted molar refractivity (Wildman–Crippen MR) is 76.3 cm³/mol. The molecule has 0 amide bonds. The molecule has 0 saturated carbocycles. The average Bonchev–Trinajstić information content (AvgIpc) is 2.78. The summed E-state index contributed by atoms with van der Waals surface area (Å²) in [5, 5.41) is 8.35. The highest BCUT2D eigenvalue weighted by Gasteiger charge is 2.03. The van der Waals surface area contributed by atoms with Crippen molar-refractivity contribution in [3.05, 3.63) is 34.9 Å². The molecule has 0 aliphatic carbocycles. The second-order valence-electron chi connectivity index (χ2n) is 4.53. The first-order chi connectivity index (χ1) is 8.65. The molecule has 0 saturated heterocycles. The Bertz CT molecular complexity index is 490. The maximum absolute atomic E-state index is 4.20. The molecule has 1 heterocycles. The SMILES string of the molecule is CN(C)CCCn1cc(-c2ccc(Br)cc2)nn1. The van der Waals surface area contributed by atoms with Gasteiger partial charge < -0.3 is 4.90 Å². The topological polar surface area (TPSA) is 34.0 Å². The zero-order chi connectivity index (χ0) is 13.0. The molecule has 0 spiro atoms. The Hall–Kier alpha value is -1.20. The summed E-state index contributed by atoms with van der Waals surface area (Å²) in [4.78, 5) is 2.17. The van der Waals surface area contributed by atoms with Gasteiger partial charge in [-0.25, -0.2) is 0 Å². The van der Waals surface area contributed by atoms with E-state index < -0.39 is 0 Å². The van der Waals surface area contributed by atoms with Crippen molar-refractivity contribution in [2.75, 3.05) is 20.6 Å². The van der Waals surface area contributed by atoms with E-state index >= 15 is 0 Å². The average molecular weight is 309 g/mol. The zero-order valence-corrected chi connectivity index (χ0v) is 12.3. The van der Waals surface area contributed by atoms with Gasteiger partial charge in [0.1, 0.15) is 5.69 Å². The van der Waals surface area contributed by atoms with Crippen LogP contribution in [0, 0.1) is 0 Å². The lowest BCUT2D eigenvalue weighted by atomic mass is 10.2. The van der Waals surface area contributed by atoms with Crippen LogP contribution in [-0.4, -0.2) is 40.5 Å². The van der Waals surface area contributed by atoms with Crippen molar-refractivity contribution in [3.63, 3.8) is 0 Å². The quantitative estimate of drug-likeness (QED) is 0.851. The van der Waals surface area contributed by atoms with Gasteiger partial charge in [0.05, 0.1) is 6.20 Å². The van der Waals surface area contributed by atoms with Crippen LogP contribution < -0.4 is 0 Å². The summed E-state index contributed by atoms with van der Waals surface area (Å²) >= 11 is 3.43. The molecule has 1 aromatic heterocycles. The van der Waals surface area contributed by atoms with Gasteiger partial charge in [0.15, 0.2) is 0 Å². The Morgan fingerprint density at radius 2 is 1.94 bits per heavy atom. The fourth-order valence-corrected chi connectivity index (χ4v) is 1.97. The molecule has 0 fully saturated rings.